The molecule has 7 rings (SSSR count). The molecule has 4 aromatic carbocycles. The third-order valence-corrected chi connectivity index (χ3v) is 14.7. The molecule has 450 valence electrons. The number of nitrogens with one attached hydrogen (secondary N) is 5. The van der Waals surface area contributed by atoms with Gasteiger partial charge in [-0.25, -0.2) is 19.2 Å². The summed E-state index contributed by atoms with van der Waals surface area (Å²) in [4.78, 5) is 113. The number of aromatic amines is 1. The number of aromatic nitrogens is 1. The van der Waals surface area contributed by atoms with E-state index >= 15 is 4.79 Å². The zero-order chi connectivity index (χ0) is 60.8. The Morgan fingerprint density at radius 1 is 0.631 bits per heavy atom. The molecule has 1 heterocycles. The summed E-state index contributed by atoms with van der Waals surface area (Å²) < 4.78 is 22.5. The summed E-state index contributed by atoms with van der Waals surface area (Å²) in [6.07, 6.45) is 2.41. The molecule has 0 radical (unpaired) electrons. The lowest BCUT2D eigenvalue weighted by Crippen LogP contribution is -2.53. The lowest BCUT2D eigenvalue weighted by molar-refractivity contribution is -0.159. The maximum absolute atomic E-state index is 15.1. The summed E-state index contributed by atoms with van der Waals surface area (Å²) in [6, 6.07) is 30.6. The minimum absolute atomic E-state index is 0.0507. The molecule has 5 amide bonds. The van der Waals surface area contributed by atoms with E-state index in [1.807, 2.05) is 66.7 Å². The van der Waals surface area contributed by atoms with Gasteiger partial charge in [0.15, 0.2) is 0 Å². The smallest absolute Gasteiger partial charge is 0.407 e. The molecule has 5 aromatic rings. The van der Waals surface area contributed by atoms with Crippen molar-refractivity contribution in [3.05, 3.63) is 142 Å². The topological polar surface area (TPSA) is 241 Å². The van der Waals surface area contributed by atoms with Gasteiger partial charge in [0.05, 0.1) is 6.54 Å². The van der Waals surface area contributed by atoms with Crippen LogP contribution < -0.4 is 26.8 Å². The molecule has 0 spiro atoms. The predicted octanol–water partition coefficient (Wildman–Crippen LogP) is 9.94. The van der Waals surface area contributed by atoms with Crippen molar-refractivity contribution >= 4 is 52.6 Å². The molecule has 2 aliphatic rings. The van der Waals surface area contributed by atoms with Crippen molar-refractivity contribution in [3.8, 4) is 11.1 Å². The SMILES string of the molecule is CC(C)(C)OC(=O)CC[C@H](NC(=O)N[C@@H](CCCCNC(=O)[C@H](Cc1ccc2ccccc2c1)N(Cc1cccc(=O)[nH]1)C(=O)C1CCC(CNC(=O)OCC2c3ccccc3-c3ccccc32)CC1)C(=O)OC(C)(C)C)C(=O)OC(C)(C)C. The number of ether oxygens (including phenoxy) is 4. The molecule has 1 fully saturated rings. The molecule has 5 N–H and O–H groups in total. The maximum atomic E-state index is 15.1. The Bertz CT molecular complexity index is 3140. The Balaban J connectivity index is 1.01. The number of amides is 5. The fourth-order valence-corrected chi connectivity index (χ4v) is 10.8. The molecule has 0 bridgehead atoms. The zero-order valence-corrected chi connectivity index (χ0v) is 50.1. The molecule has 1 saturated carbocycles. The van der Waals surface area contributed by atoms with E-state index in [4.69, 9.17) is 18.9 Å². The van der Waals surface area contributed by atoms with Crippen LogP contribution in [0.3, 0.4) is 0 Å². The summed E-state index contributed by atoms with van der Waals surface area (Å²) in [5.74, 6) is -3.12. The number of pyridine rings is 1. The van der Waals surface area contributed by atoms with Crippen molar-refractivity contribution in [2.75, 3.05) is 19.7 Å². The van der Waals surface area contributed by atoms with E-state index in [1.165, 1.54) is 6.07 Å². The Kier molecular flexibility index (Phi) is 21.6. The minimum atomic E-state index is -1.26. The minimum Gasteiger partial charge on any atom is -0.460 e. The number of alkyl carbamates (subject to hydrolysis) is 1. The molecule has 1 aromatic heterocycles. The van der Waals surface area contributed by atoms with Crippen LogP contribution in [0.2, 0.25) is 0 Å². The summed E-state index contributed by atoms with van der Waals surface area (Å²) >= 11 is 0. The zero-order valence-electron chi connectivity index (χ0n) is 50.1. The summed E-state index contributed by atoms with van der Waals surface area (Å²) in [7, 11) is 0. The first kappa shape index (κ1) is 63.6. The second kappa shape index (κ2) is 28.5. The second-order valence-corrected chi connectivity index (χ2v) is 25.0. The number of esters is 3. The van der Waals surface area contributed by atoms with E-state index in [0.29, 0.717) is 50.8 Å². The van der Waals surface area contributed by atoms with Crippen LogP contribution >= 0.6 is 0 Å². The van der Waals surface area contributed by atoms with Crippen molar-refractivity contribution in [1.82, 2.24) is 31.2 Å². The van der Waals surface area contributed by atoms with Gasteiger partial charge in [-0.2, -0.15) is 0 Å². The lowest BCUT2D eigenvalue weighted by Gasteiger charge is -2.36. The van der Waals surface area contributed by atoms with Crippen LogP contribution in [0.1, 0.15) is 148 Å². The van der Waals surface area contributed by atoms with Gasteiger partial charge >= 0.3 is 30.0 Å². The number of hydrogen-bond acceptors (Lipinski definition) is 12. The normalized spacial score (nSPS) is 16.2. The largest absolute Gasteiger partial charge is 0.460 e. The van der Waals surface area contributed by atoms with Crippen LogP contribution in [0.5, 0.6) is 0 Å². The van der Waals surface area contributed by atoms with E-state index in [-0.39, 0.29) is 68.7 Å². The third-order valence-electron chi connectivity index (χ3n) is 14.7. The average Bonchev–Trinajstić information content (AvgIpc) is 2.28. The van der Waals surface area contributed by atoms with E-state index in [1.54, 1.807) is 79.3 Å². The van der Waals surface area contributed by atoms with Crippen LogP contribution in [-0.2, 0) is 55.9 Å². The van der Waals surface area contributed by atoms with Crippen LogP contribution in [0.25, 0.3) is 21.9 Å². The fourth-order valence-electron chi connectivity index (χ4n) is 10.8. The molecule has 84 heavy (non-hydrogen) atoms. The third kappa shape index (κ3) is 19.0. The second-order valence-electron chi connectivity index (χ2n) is 25.0. The van der Waals surface area contributed by atoms with Gasteiger partial charge in [-0.3, -0.25) is 19.2 Å². The van der Waals surface area contributed by atoms with Gasteiger partial charge in [-0.15, -0.1) is 0 Å². The maximum Gasteiger partial charge on any atom is 0.407 e. The monoisotopic (exact) mass is 1150 g/mol. The number of benzene rings is 4. The number of H-pyrrole nitrogens is 1. The number of urea groups is 1. The van der Waals surface area contributed by atoms with E-state index in [0.717, 1.165) is 38.6 Å². The first-order valence-electron chi connectivity index (χ1n) is 29.4. The van der Waals surface area contributed by atoms with E-state index in [2.05, 4.69) is 50.5 Å². The van der Waals surface area contributed by atoms with Crippen molar-refractivity contribution in [2.24, 2.45) is 11.8 Å². The van der Waals surface area contributed by atoms with Gasteiger partial charge in [0.25, 0.3) is 0 Å². The van der Waals surface area contributed by atoms with Gasteiger partial charge in [-0.1, -0.05) is 97.1 Å². The molecule has 3 atom stereocenters. The van der Waals surface area contributed by atoms with E-state index < -0.39 is 76.8 Å². The lowest BCUT2D eigenvalue weighted by atomic mass is 9.81. The van der Waals surface area contributed by atoms with Gasteiger partial charge in [0.1, 0.15) is 41.5 Å². The molecular weight excluding hydrogens is 1070 g/mol. The van der Waals surface area contributed by atoms with Crippen molar-refractivity contribution in [3.63, 3.8) is 0 Å². The van der Waals surface area contributed by atoms with Gasteiger partial charge in [-0.05, 0) is 164 Å². The van der Waals surface area contributed by atoms with Gasteiger partial charge in [0, 0.05) is 49.5 Å². The molecular formula is C66H84N6O12. The van der Waals surface area contributed by atoms with Crippen LogP contribution in [0, 0.1) is 11.8 Å². The average molecular weight is 1150 g/mol. The number of hydrogen-bond donors (Lipinski definition) is 5. The summed E-state index contributed by atoms with van der Waals surface area (Å²) in [5, 5.41) is 13.3. The standard InChI is InChI=1S/C66H84N6O12/c1-64(2,3)82-57(74)35-34-54(61(78)84-66(7,8)9)71-62(79)70-53(60(77)83-65(4,5)6)26-16-17-36-67-58(75)55(38-43-30-31-44-19-10-11-20-46(44)37-43)72(40-47-21-18-27-56(73)69-47)59(76)45-32-28-42(29-33-45)39-68-63(80)81-41-52-50-24-14-12-22-48(50)49-23-13-15-25-51(49)52/h10-15,18-25,27,30-31,37,42,45,52-55H,16-17,26,28-29,32-36,38-41H2,1-9H3,(H,67,75)(H,68,80)(H,69,73)(H2,70,71,79)/t42?,45?,53-,54-,55-/m0/s1. The molecule has 0 aliphatic heterocycles. The van der Waals surface area contributed by atoms with Crippen molar-refractivity contribution < 1.29 is 52.5 Å². The summed E-state index contributed by atoms with van der Waals surface area (Å²) in [5.41, 5.74) is 2.89. The number of unbranched alkanes of at least 4 members (excludes halogenated alkanes) is 1. The van der Waals surface area contributed by atoms with Crippen molar-refractivity contribution in [2.45, 2.75) is 174 Å². The summed E-state index contributed by atoms with van der Waals surface area (Å²) in [6.45, 7) is 16.0. The fraction of sp³-hybridized carbons (Fsp3) is 0.485. The highest BCUT2D eigenvalue weighted by atomic mass is 16.6. The van der Waals surface area contributed by atoms with Crippen LogP contribution in [0.4, 0.5) is 9.59 Å². The van der Waals surface area contributed by atoms with Gasteiger partial charge < -0.3 is 50.1 Å². The van der Waals surface area contributed by atoms with Gasteiger partial charge in [0.2, 0.25) is 17.4 Å². The molecule has 18 nitrogen and oxygen atoms in total. The molecule has 2 aliphatic carbocycles. The Labute approximate surface area is 492 Å². The highest BCUT2D eigenvalue weighted by Crippen LogP contribution is 2.44. The molecule has 0 saturated heterocycles. The Morgan fingerprint density at radius 2 is 1.21 bits per heavy atom. The number of carbonyl (C=O) groups is 7. The quantitative estimate of drug-likeness (QED) is 0.0233. The molecule has 18 heteroatoms. The number of rotatable bonds is 23. The first-order chi connectivity index (χ1) is 39.8. The van der Waals surface area contributed by atoms with Crippen molar-refractivity contribution in [1.29, 1.82) is 0 Å². The first-order valence-corrected chi connectivity index (χ1v) is 29.4. The Hall–Kier alpha value is -8.02. The number of carbonyl (C=O) groups excluding carboxylic acids is 7. The predicted molar refractivity (Wildman–Crippen MR) is 320 cm³/mol. The van der Waals surface area contributed by atoms with Crippen LogP contribution in [-0.4, -0.2) is 106 Å². The molecule has 0 unspecified atom stereocenters. The Morgan fingerprint density at radius 3 is 1.82 bits per heavy atom. The van der Waals surface area contributed by atoms with E-state index in [9.17, 15) is 33.6 Å². The highest BCUT2D eigenvalue weighted by Gasteiger charge is 2.38. The number of fused-ring (bicyclic) bond motifs is 4. The van der Waals surface area contributed by atoms with Crippen LogP contribution in [0.15, 0.2) is 114 Å². The highest BCUT2D eigenvalue weighted by molar-refractivity contribution is 5.90. The number of nitrogens with zero attached hydrogens (tertiary/aromatic N) is 1.